The van der Waals surface area contributed by atoms with Crippen LogP contribution in [0.5, 0.6) is 11.5 Å². The monoisotopic (exact) mass is 352 g/mol. The van der Waals surface area contributed by atoms with Gasteiger partial charge in [0.2, 0.25) is 5.78 Å². The van der Waals surface area contributed by atoms with E-state index >= 15 is 0 Å². The van der Waals surface area contributed by atoms with Gasteiger partial charge in [0, 0.05) is 7.11 Å². The summed E-state index contributed by atoms with van der Waals surface area (Å²) in [5.41, 5.74) is -1.65. The number of aromatic carboxylic acids is 1. The number of methoxy groups -OCH3 is 2. The van der Waals surface area contributed by atoms with Crippen molar-refractivity contribution in [1.82, 2.24) is 0 Å². The largest absolute Gasteiger partial charge is 0.497 e. The Balaban J connectivity index is 2.55. The zero-order valence-electron chi connectivity index (χ0n) is 13.3. The molecule has 25 heavy (non-hydrogen) atoms. The number of carboxylic acids is 1. The molecule has 0 aromatic heterocycles. The number of ketones is 1. The summed E-state index contributed by atoms with van der Waals surface area (Å²) in [4.78, 5) is 23.5. The van der Waals surface area contributed by atoms with Gasteiger partial charge in [-0.3, -0.25) is 4.79 Å². The van der Waals surface area contributed by atoms with Crippen LogP contribution < -0.4 is 9.47 Å². The zero-order valence-corrected chi connectivity index (χ0v) is 13.3. The van der Waals surface area contributed by atoms with E-state index in [1.807, 2.05) is 0 Å². The van der Waals surface area contributed by atoms with Gasteiger partial charge in [-0.15, -0.1) is 0 Å². The standard InChI is InChI=1S/C17H14F2O6/c1-23-8-25-14-4-3-10(24-2)7-11(14)16(20)15-12(18)5-9(17(21)22)6-13(15)19/h3-7H,8H2,1-2H3,(H,21,22). The highest BCUT2D eigenvalue weighted by atomic mass is 19.1. The molecule has 2 aromatic carbocycles. The number of hydrogen-bond acceptors (Lipinski definition) is 5. The zero-order chi connectivity index (χ0) is 18.6. The summed E-state index contributed by atoms with van der Waals surface area (Å²) in [5.74, 6) is -4.80. The second-order valence-electron chi connectivity index (χ2n) is 4.86. The van der Waals surface area contributed by atoms with Gasteiger partial charge in [-0.2, -0.15) is 0 Å². The van der Waals surface area contributed by atoms with Crippen LogP contribution >= 0.6 is 0 Å². The van der Waals surface area contributed by atoms with E-state index in [-0.39, 0.29) is 23.9 Å². The van der Waals surface area contributed by atoms with Gasteiger partial charge in [-0.25, -0.2) is 13.6 Å². The van der Waals surface area contributed by atoms with E-state index in [2.05, 4.69) is 0 Å². The molecule has 2 rings (SSSR count). The quantitative estimate of drug-likeness (QED) is 0.609. The lowest BCUT2D eigenvalue weighted by Crippen LogP contribution is -2.12. The second kappa shape index (κ2) is 7.71. The Labute approximate surface area is 141 Å². The molecule has 0 aliphatic carbocycles. The van der Waals surface area contributed by atoms with Gasteiger partial charge in [0.05, 0.1) is 23.8 Å². The van der Waals surface area contributed by atoms with Gasteiger partial charge >= 0.3 is 5.97 Å². The predicted molar refractivity (Wildman–Crippen MR) is 82.2 cm³/mol. The summed E-state index contributed by atoms with van der Waals surface area (Å²) in [7, 11) is 2.73. The van der Waals surface area contributed by atoms with Crippen LogP contribution in [-0.4, -0.2) is 37.9 Å². The molecule has 1 N–H and O–H groups in total. The minimum Gasteiger partial charge on any atom is -0.497 e. The topological polar surface area (TPSA) is 82.1 Å². The van der Waals surface area contributed by atoms with Crippen LogP contribution in [0.4, 0.5) is 8.78 Å². The molecule has 0 spiro atoms. The van der Waals surface area contributed by atoms with Gasteiger partial charge in [-0.1, -0.05) is 0 Å². The molecule has 0 amide bonds. The van der Waals surface area contributed by atoms with Crippen molar-refractivity contribution in [2.75, 3.05) is 21.0 Å². The van der Waals surface area contributed by atoms with Crippen LogP contribution in [0.1, 0.15) is 26.3 Å². The molecule has 0 unspecified atom stereocenters. The van der Waals surface area contributed by atoms with Crippen molar-refractivity contribution in [3.8, 4) is 11.5 Å². The fourth-order valence-electron chi connectivity index (χ4n) is 2.11. The molecule has 6 nitrogen and oxygen atoms in total. The molecular weight excluding hydrogens is 338 g/mol. The highest BCUT2D eigenvalue weighted by Gasteiger charge is 2.25. The van der Waals surface area contributed by atoms with E-state index in [4.69, 9.17) is 19.3 Å². The third-order valence-corrected chi connectivity index (χ3v) is 3.28. The number of carboxylic acid groups (broad SMARTS) is 1. The van der Waals surface area contributed by atoms with Crippen molar-refractivity contribution in [3.63, 3.8) is 0 Å². The van der Waals surface area contributed by atoms with Gasteiger partial charge in [0.1, 0.15) is 23.1 Å². The molecule has 0 atom stereocenters. The van der Waals surface area contributed by atoms with Gasteiger partial charge < -0.3 is 19.3 Å². The van der Waals surface area contributed by atoms with Crippen LogP contribution in [0.2, 0.25) is 0 Å². The first-order chi connectivity index (χ1) is 11.9. The van der Waals surface area contributed by atoms with Gasteiger partial charge in [0.15, 0.2) is 6.79 Å². The number of benzene rings is 2. The van der Waals surface area contributed by atoms with Crippen LogP contribution in [0.3, 0.4) is 0 Å². The Bertz CT molecular complexity index is 796. The van der Waals surface area contributed by atoms with Crippen molar-refractivity contribution in [3.05, 3.63) is 58.7 Å². The third kappa shape index (κ3) is 3.92. The fourth-order valence-corrected chi connectivity index (χ4v) is 2.11. The third-order valence-electron chi connectivity index (χ3n) is 3.28. The maximum Gasteiger partial charge on any atom is 0.335 e. The molecule has 0 radical (unpaired) electrons. The number of carbonyl (C=O) groups excluding carboxylic acids is 1. The number of ether oxygens (including phenoxy) is 3. The van der Waals surface area contributed by atoms with Crippen molar-refractivity contribution in [2.24, 2.45) is 0 Å². The lowest BCUT2D eigenvalue weighted by molar-refractivity contribution is 0.0502. The Kier molecular flexibility index (Phi) is 5.66. The van der Waals surface area contributed by atoms with E-state index in [1.165, 1.54) is 32.4 Å². The second-order valence-corrected chi connectivity index (χ2v) is 4.86. The summed E-state index contributed by atoms with van der Waals surface area (Å²) >= 11 is 0. The van der Waals surface area contributed by atoms with E-state index in [1.54, 1.807) is 0 Å². The van der Waals surface area contributed by atoms with Crippen LogP contribution in [0.15, 0.2) is 30.3 Å². The molecule has 8 heteroatoms. The van der Waals surface area contributed by atoms with Crippen molar-refractivity contribution < 1.29 is 37.7 Å². The Morgan fingerprint density at radius 3 is 2.24 bits per heavy atom. The molecule has 0 bridgehead atoms. The summed E-state index contributed by atoms with van der Waals surface area (Å²) < 4.78 is 43.3. The molecular formula is C17H14F2O6. The van der Waals surface area contributed by atoms with E-state index in [9.17, 15) is 18.4 Å². The SMILES string of the molecule is COCOc1ccc(OC)cc1C(=O)c1c(F)cc(C(=O)O)cc1F. The minimum atomic E-state index is -1.51. The van der Waals surface area contributed by atoms with Gasteiger partial charge in [-0.05, 0) is 30.3 Å². The summed E-state index contributed by atoms with van der Waals surface area (Å²) in [6.07, 6.45) is 0. The van der Waals surface area contributed by atoms with E-state index < -0.39 is 34.5 Å². The first-order valence-electron chi connectivity index (χ1n) is 6.95. The maximum atomic E-state index is 14.2. The Hall–Kier alpha value is -3.00. The highest BCUT2D eigenvalue weighted by molar-refractivity contribution is 6.11. The lowest BCUT2D eigenvalue weighted by atomic mass is 9.99. The summed E-state index contributed by atoms with van der Waals surface area (Å²) in [6.45, 7) is -0.185. The van der Waals surface area contributed by atoms with Crippen molar-refractivity contribution in [2.45, 2.75) is 0 Å². The smallest absolute Gasteiger partial charge is 0.335 e. The Morgan fingerprint density at radius 2 is 1.72 bits per heavy atom. The number of hydrogen-bond donors (Lipinski definition) is 1. The summed E-state index contributed by atoms with van der Waals surface area (Å²) in [6, 6.07) is 5.31. The van der Waals surface area contributed by atoms with Crippen LogP contribution in [0, 0.1) is 11.6 Å². The van der Waals surface area contributed by atoms with E-state index in [0.717, 1.165) is 0 Å². The average molecular weight is 352 g/mol. The minimum absolute atomic E-state index is 0.0359. The molecule has 0 fully saturated rings. The number of carbonyl (C=O) groups is 2. The van der Waals surface area contributed by atoms with Crippen molar-refractivity contribution in [1.29, 1.82) is 0 Å². The molecule has 0 aliphatic heterocycles. The maximum absolute atomic E-state index is 14.2. The predicted octanol–water partition coefficient (Wildman–Crippen LogP) is 2.89. The van der Waals surface area contributed by atoms with Crippen molar-refractivity contribution >= 4 is 11.8 Å². The molecule has 132 valence electrons. The molecule has 0 heterocycles. The average Bonchev–Trinajstić information content (AvgIpc) is 2.58. The molecule has 0 aliphatic rings. The lowest BCUT2D eigenvalue weighted by Gasteiger charge is -2.13. The first-order valence-corrected chi connectivity index (χ1v) is 6.95. The van der Waals surface area contributed by atoms with E-state index in [0.29, 0.717) is 12.1 Å². The highest BCUT2D eigenvalue weighted by Crippen LogP contribution is 2.29. The fraction of sp³-hybridized carbons (Fsp3) is 0.176. The number of halogens is 2. The Morgan fingerprint density at radius 1 is 1.08 bits per heavy atom. The van der Waals surface area contributed by atoms with Gasteiger partial charge in [0.25, 0.3) is 0 Å². The summed E-state index contributed by atoms with van der Waals surface area (Å²) in [5, 5.41) is 8.82. The van der Waals surface area contributed by atoms with Crippen LogP contribution in [-0.2, 0) is 4.74 Å². The number of rotatable bonds is 7. The van der Waals surface area contributed by atoms with Crippen LogP contribution in [0.25, 0.3) is 0 Å². The first kappa shape index (κ1) is 18.3. The normalized spacial score (nSPS) is 10.4. The molecule has 2 aromatic rings. The molecule has 0 saturated heterocycles. The molecule has 0 saturated carbocycles.